The van der Waals surface area contributed by atoms with Crippen molar-refractivity contribution in [2.45, 2.75) is 51.3 Å². The minimum atomic E-state index is -0.469. The van der Waals surface area contributed by atoms with Gasteiger partial charge in [-0.1, -0.05) is 30.3 Å². The van der Waals surface area contributed by atoms with E-state index in [0.717, 1.165) is 12.8 Å². The largest absolute Gasteiger partial charge is 0.444 e. The normalized spacial score (nSPS) is 19.7. The van der Waals surface area contributed by atoms with Gasteiger partial charge in [0.2, 0.25) is 0 Å². The van der Waals surface area contributed by atoms with E-state index in [4.69, 9.17) is 4.74 Å². The van der Waals surface area contributed by atoms with E-state index in [1.165, 1.54) is 5.56 Å². The van der Waals surface area contributed by atoms with Gasteiger partial charge in [-0.3, -0.25) is 0 Å². The summed E-state index contributed by atoms with van der Waals surface area (Å²) in [6, 6.07) is 10.3. The molecular weight excluding hydrogens is 292 g/mol. The number of aliphatic hydroxyl groups is 1. The summed E-state index contributed by atoms with van der Waals surface area (Å²) >= 11 is 0. The summed E-state index contributed by atoms with van der Waals surface area (Å²) in [6.45, 7) is 7.02. The van der Waals surface area contributed by atoms with E-state index >= 15 is 0 Å². The van der Waals surface area contributed by atoms with Crippen LogP contribution in [0.5, 0.6) is 0 Å². The average molecular weight is 320 g/mol. The van der Waals surface area contributed by atoms with Crippen molar-refractivity contribution >= 4 is 6.09 Å². The van der Waals surface area contributed by atoms with Gasteiger partial charge in [0.1, 0.15) is 5.60 Å². The van der Waals surface area contributed by atoms with Crippen molar-refractivity contribution in [2.24, 2.45) is 0 Å². The number of hydrogen-bond donors (Lipinski definition) is 2. The van der Waals surface area contributed by atoms with Crippen LogP contribution in [0.3, 0.4) is 0 Å². The predicted octanol–water partition coefficient (Wildman–Crippen LogP) is 2.19. The second-order valence-corrected chi connectivity index (χ2v) is 7.15. The molecule has 2 N–H and O–H groups in total. The van der Waals surface area contributed by atoms with Crippen LogP contribution in [0.15, 0.2) is 30.3 Å². The third kappa shape index (κ3) is 5.84. The molecule has 1 heterocycles. The lowest BCUT2D eigenvalue weighted by Crippen LogP contribution is -2.44. The van der Waals surface area contributed by atoms with E-state index in [1.54, 1.807) is 4.90 Å². The highest BCUT2D eigenvalue weighted by molar-refractivity contribution is 5.68. The lowest BCUT2D eigenvalue weighted by molar-refractivity contribution is 0.0290. The fourth-order valence-electron chi connectivity index (χ4n) is 2.80. The highest BCUT2D eigenvalue weighted by Gasteiger charge is 2.30. The fraction of sp³-hybridized carbons (Fsp3) is 0.611. The molecule has 1 unspecified atom stereocenters. The van der Waals surface area contributed by atoms with Gasteiger partial charge in [0.15, 0.2) is 0 Å². The van der Waals surface area contributed by atoms with Gasteiger partial charge in [0.25, 0.3) is 0 Å². The summed E-state index contributed by atoms with van der Waals surface area (Å²) in [6.07, 6.45) is 1.40. The first-order valence-corrected chi connectivity index (χ1v) is 8.26. The van der Waals surface area contributed by atoms with Gasteiger partial charge in [-0.2, -0.15) is 0 Å². The second-order valence-electron chi connectivity index (χ2n) is 7.15. The van der Waals surface area contributed by atoms with Gasteiger partial charge in [-0.15, -0.1) is 0 Å². The van der Waals surface area contributed by atoms with Gasteiger partial charge in [-0.05, 0) is 39.2 Å². The Hall–Kier alpha value is -1.59. The third-order valence-corrected chi connectivity index (χ3v) is 3.86. The number of nitrogens with zero attached hydrogens (tertiary/aromatic N) is 1. The van der Waals surface area contributed by atoms with E-state index < -0.39 is 5.60 Å². The summed E-state index contributed by atoms with van der Waals surface area (Å²) in [4.78, 5) is 13.8. The zero-order valence-electron chi connectivity index (χ0n) is 14.3. The Labute approximate surface area is 138 Å². The number of amides is 1. The topological polar surface area (TPSA) is 61.8 Å². The Morgan fingerprint density at radius 3 is 2.70 bits per heavy atom. The van der Waals surface area contributed by atoms with Crippen molar-refractivity contribution in [3.8, 4) is 0 Å². The Morgan fingerprint density at radius 2 is 2.09 bits per heavy atom. The molecule has 2 rings (SSSR count). The molecule has 1 fully saturated rings. The molecule has 23 heavy (non-hydrogen) atoms. The number of ether oxygens (including phenoxy) is 1. The highest BCUT2D eigenvalue weighted by Crippen LogP contribution is 2.16. The van der Waals surface area contributed by atoms with Gasteiger partial charge >= 0.3 is 6.09 Å². The molecule has 0 saturated carbocycles. The maximum atomic E-state index is 12.1. The Balaban J connectivity index is 1.82. The molecule has 0 spiro atoms. The number of likely N-dealkylation sites (tertiary alicyclic amines) is 1. The monoisotopic (exact) mass is 320 g/mol. The number of benzene rings is 1. The predicted molar refractivity (Wildman–Crippen MR) is 90.4 cm³/mol. The van der Waals surface area contributed by atoms with Gasteiger partial charge in [0.05, 0.1) is 6.61 Å². The van der Waals surface area contributed by atoms with Crippen LogP contribution in [0.2, 0.25) is 0 Å². The minimum Gasteiger partial charge on any atom is -0.444 e. The lowest BCUT2D eigenvalue weighted by atomic mass is 10.1. The van der Waals surface area contributed by atoms with Crippen molar-refractivity contribution in [3.05, 3.63) is 35.9 Å². The molecule has 0 aliphatic carbocycles. The average Bonchev–Trinajstić information content (AvgIpc) is 2.94. The first-order valence-electron chi connectivity index (χ1n) is 8.26. The van der Waals surface area contributed by atoms with E-state index in [0.29, 0.717) is 13.1 Å². The van der Waals surface area contributed by atoms with Crippen molar-refractivity contribution in [3.63, 3.8) is 0 Å². The molecule has 5 nitrogen and oxygen atoms in total. The second kappa shape index (κ2) is 7.79. The molecule has 0 radical (unpaired) electrons. The maximum Gasteiger partial charge on any atom is 0.410 e. The standard InChI is InChI=1S/C18H28N2O3/c1-18(2,3)23-17(22)20-10-9-15(12-20)19-16(13-21)11-14-7-5-4-6-8-14/h4-8,15-16,19,21H,9-13H2,1-3H3/t15?,16-/m0/s1. The minimum absolute atomic E-state index is 0.000913. The molecule has 128 valence electrons. The van der Waals surface area contributed by atoms with Crippen LogP contribution >= 0.6 is 0 Å². The number of carbonyl (C=O) groups is 1. The van der Waals surface area contributed by atoms with Crippen LogP contribution in [0.1, 0.15) is 32.8 Å². The number of carbonyl (C=O) groups excluding carboxylic acids is 1. The van der Waals surface area contributed by atoms with Crippen LogP contribution < -0.4 is 5.32 Å². The highest BCUT2D eigenvalue weighted by atomic mass is 16.6. The van der Waals surface area contributed by atoms with Crippen LogP contribution in [0, 0.1) is 0 Å². The summed E-state index contributed by atoms with van der Waals surface area (Å²) in [5, 5.41) is 13.1. The SMILES string of the molecule is CC(C)(C)OC(=O)N1CCC(N[C@H](CO)Cc2ccccc2)C1. The third-order valence-electron chi connectivity index (χ3n) is 3.86. The Bertz CT molecular complexity index is 499. The molecule has 1 aromatic rings. The summed E-state index contributed by atoms with van der Waals surface area (Å²) in [7, 11) is 0. The van der Waals surface area contributed by atoms with E-state index in [1.807, 2.05) is 39.0 Å². The summed E-state index contributed by atoms with van der Waals surface area (Å²) in [5.41, 5.74) is 0.727. The number of aliphatic hydroxyl groups excluding tert-OH is 1. The molecule has 1 aliphatic heterocycles. The fourth-order valence-corrected chi connectivity index (χ4v) is 2.80. The van der Waals surface area contributed by atoms with Crippen LogP contribution in [0.25, 0.3) is 0 Å². The zero-order chi connectivity index (χ0) is 16.9. The molecule has 2 atom stereocenters. The first kappa shape index (κ1) is 17.8. The van der Waals surface area contributed by atoms with Crippen LogP contribution in [-0.4, -0.2) is 53.5 Å². The quantitative estimate of drug-likeness (QED) is 0.873. The van der Waals surface area contributed by atoms with E-state index in [2.05, 4.69) is 17.4 Å². The van der Waals surface area contributed by atoms with Crippen LogP contribution in [0.4, 0.5) is 4.79 Å². The van der Waals surface area contributed by atoms with E-state index in [-0.39, 0.29) is 24.8 Å². The van der Waals surface area contributed by atoms with Gasteiger partial charge in [-0.25, -0.2) is 4.79 Å². The molecular formula is C18H28N2O3. The van der Waals surface area contributed by atoms with Crippen LogP contribution in [-0.2, 0) is 11.2 Å². The summed E-state index contributed by atoms with van der Waals surface area (Å²) in [5.74, 6) is 0. The zero-order valence-corrected chi connectivity index (χ0v) is 14.3. The molecule has 1 aromatic carbocycles. The Morgan fingerprint density at radius 1 is 1.39 bits per heavy atom. The number of hydrogen-bond acceptors (Lipinski definition) is 4. The van der Waals surface area contributed by atoms with E-state index in [9.17, 15) is 9.90 Å². The molecule has 1 aliphatic rings. The van der Waals surface area contributed by atoms with Crippen molar-refractivity contribution in [1.82, 2.24) is 10.2 Å². The van der Waals surface area contributed by atoms with Gasteiger partial charge < -0.3 is 20.1 Å². The van der Waals surface area contributed by atoms with Crippen molar-refractivity contribution in [2.75, 3.05) is 19.7 Å². The van der Waals surface area contributed by atoms with Crippen molar-refractivity contribution in [1.29, 1.82) is 0 Å². The Kier molecular flexibility index (Phi) is 6.02. The number of nitrogens with one attached hydrogen (secondary N) is 1. The number of rotatable bonds is 5. The molecule has 1 amide bonds. The lowest BCUT2D eigenvalue weighted by Gasteiger charge is -2.25. The molecule has 0 aromatic heterocycles. The molecule has 5 heteroatoms. The molecule has 1 saturated heterocycles. The van der Waals surface area contributed by atoms with Gasteiger partial charge in [0, 0.05) is 25.2 Å². The summed E-state index contributed by atoms with van der Waals surface area (Å²) < 4.78 is 5.41. The van der Waals surface area contributed by atoms with Crippen molar-refractivity contribution < 1.29 is 14.6 Å². The first-order chi connectivity index (χ1) is 10.9. The maximum absolute atomic E-state index is 12.1. The smallest absolute Gasteiger partial charge is 0.410 e. The molecule has 0 bridgehead atoms.